The molecule has 2 N–H and O–H groups in total. The van der Waals surface area contributed by atoms with Gasteiger partial charge in [0.05, 0.1) is 6.04 Å². The highest BCUT2D eigenvalue weighted by Gasteiger charge is 2.15. The van der Waals surface area contributed by atoms with Crippen molar-refractivity contribution in [2.75, 3.05) is 6.61 Å². The summed E-state index contributed by atoms with van der Waals surface area (Å²) in [5.74, 6) is -0.186. The van der Waals surface area contributed by atoms with Crippen LogP contribution in [0.3, 0.4) is 0 Å². The Hall–Kier alpha value is -2.82. The van der Waals surface area contributed by atoms with Crippen LogP contribution >= 0.6 is 0 Å². The van der Waals surface area contributed by atoms with Gasteiger partial charge in [0.15, 0.2) is 0 Å². The van der Waals surface area contributed by atoms with E-state index in [1.165, 1.54) is 0 Å². The molecular weight excluding hydrogens is 318 g/mol. The number of carbonyl (C=O) groups is 2. The molecule has 0 saturated heterocycles. The lowest BCUT2D eigenvalue weighted by atomic mass is 10.1. The van der Waals surface area contributed by atoms with Crippen LogP contribution in [0.2, 0.25) is 0 Å². The lowest BCUT2D eigenvalue weighted by molar-refractivity contribution is -0.137. The molecule has 1 atom stereocenters. The smallest absolute Gasteiger partial charge is 0.303 e. The van der Waals surface area contributed by atoms with Crippen LogP contribution in [0.1, 0.15) is 37.3 Å². The Morgan fingerprint density at radius 3 is 2.16 bits per heavy atom. The lowest BCUT2D eigenvalue weighted by Gasteiger charge is -2.20. The molecule has 0 aliphatic carbocycles. The zero-order chi connectivity index (χ0) is 17.9. The molecule has 0 spiro atoms. The Bertz CT molecular complexity index is 658. The van der Waals surface area contributed by atoms with E-state index in [1.807, 2.05) is 60.7 Å². The number of carboxylic acid groups (broad SMARTS) is 1. The molecule has 0 radical (unpaired) electrons. The molecule has 2 rings (SSSR count). The van der Waals surface area contributed by atoms with Crippen molar-refractivity contribution in [2.45, 2.75) is 31.7 Å². The fraction of sp³-hybridized carbons (Fsp3) is 0.300. The van der Waals surface area contributed by atoms with E-state index in [0.29, 0.717) is 25.9 Å². The fourth-order valence-electron chi connectivity index (χ4n) is 2.43. The number of benzene rings is 2. The number of carbonyl (C=O) groups excluding carboxylic acids is 1. The molecule has 0 fully saturated rings. The average Bonchev–Trinajstić information content (AvgIpc) is 2.63. The molecular formula is C20H23NO4. The maximum absolute atomic E-state index is 12.2. The van der Waals surface area contributed by atoms with Gasteiger partial charge in [0, 0.05) is 12.8 Å². The van der Waals surface area contributed by atoms with Gasteiger partial charge >= 0.3 is 5.97 Å². The van der Waals surface area contributed by atoms with Crippen molar-refractivity contribution in [1.29, 1.82) is 0 Å². The van der Waals surface area contributed by atoms with Crippen molar-refractivity contribution in [1.82, 2.24) is 5.32 Å². The van der Waals surface area contributed by atoms with Crippen molar-refractivity contribution in [3.8, 4) is 5.75 Å². The fourth-order valence-corrected chi connectivity index (χ4v) is 2.43. The third-order valence-corrected chi connectivity index (χ3v) is 3.74. The number of ether oxygens (including phenoxy) is 1. The van der Waals surface area contributed by atoms with E-state index >= 15 is 0 Å². The number of para-hydroxylation sites is 1. The SMILES string of the molecule is O=C(O)CCCCC(=O)NC(COc1ccccc1)c1ccccc1. The van der Waals surface area contributed by atoms with Crippen LogP contribution in [-0.2, 0) is 9.59 Å². The summed E-state index contributed by atoms with van der Waals surface area (Å²) in [5.41, 5.74) is 0.970. The van der Waals surface area contributed by atoms with E-state index in [1.54, 1.807) is 0 Å². The summed E-state index contributed by atoms with van der Waals surface area (Å²) in [7, 11) is 0. The first-order chi connectivity index (χ1) is 12.1. The third-order valence-electron chi connectivity index (χ3n) is 3.74. The van der Waals surface area contributed by atoms with Crippen molar-refractivity contribution in [2.24, 2.45) is 0 Å². The molecule has 5 nitrogen and oxygen atoms in total. The van der Waals surface area contributed by atoms with Gasteiger partial charge < -0.3 is 15.2 Å². The van der Waals surface area contributed by atoms with E-state index < -0.39 is 5.97 Å². The molecule has 2 aromatic carbocycles. The zero-order valence-corrected chi connectivity index (χ0v) is 14.1. The molecule has 0 bridgehead atoms. The Morgan fingerprint density at radius 2 is 1.52 bits per heavy atom. The molecule has 1 unspecified atom stereocenters. The Labute approximate surface area is 147 Å². The standard InChI is InChI=1S/C20H23NO4/c22-19(13-7-8-14-20(23)24)21-18(16-9-3-1-4-10-16)15-25-17-11-5-2-6-12-17/h1-6,9-12,18H,7-8,13-15H2,(H,21,22)(H,23,24). The number of rotatable bonds is 10. The number of hydrogen-bond acceptors (Lipinski definition) is 3. The first-order valence-corrected chi connectivity index (χ1v) is 8.39. The minimum atomic E-state index is -0.834. The van der Waals surface area contributed by atoms with Gasteiger partial charge in [-0.1, -0.05) is 48.5 Å². The zero-order valence-electron chi connectivity index (χ0n) is 14.1. The van der Waals surface area contributed by atoms with Gasteiger partial charge in [-0.25, -0.2) is 0 Å². The van der Waals surface area contributed by atoms with Gasteiger partial charge in [-0.05, 0) is 30.5 Å². The van der Waals surface area contributed by atoms with Crippen LogP contribution in [0.15, 0.2) is 60.7 Å². The normalized spacial score (nSPS) is 11.5. The summed E-state index contributed by atoms with van der Waals surface area (Å²) in [6, 6.07) is 18.9. The van der Waals surface area contributed by atoms with E-state index in [4.69, 9.17) is 9.84 Å². The van der Waals surface area contributed by atoms with Gasteiger partial charge in [0.2, 0.25) is 5.91 Å². The molecule has 25 heavy (non-hydrogen) atoms. The molecule has 0 aliphatic heterocycles. The summed E-state index contributed by atoms with van der Waals surface area (Å²) in [6.07, 6.45) is 1.45. The first kappa shape index (κ1) is 18.5. The quantitative estimate of drug-likeness (QED) is 0.648. The van der Waals surface area contributed by atoms with Crippen LogP contribution in [-0.4, -0.2) is 23.6 Å². The number of hydrogen-bond donors (Lipinski definition) is 2. The maximum atomic E-state index is 12.2. The molecule has 0 saturated carbocycles. The summed E-state index contributed by atoms with van der Waals surface area (Å²) in [6.45, 7) is 0.328. The van der Waals surface area contributed by atoms with Gasteiger partial charge in [0.25, 0.3) is 0 Å². The number of carboxylic acids is 1. The molecule has 0 aliphatic rings. The van der Waals surface area contributed by atoms with Crippen LogP contribution in [0, 0.1) is 0 Å². The predicted octanol–water partition coefficient (Wildman–Crippen LogP) is 3.57. The van der Waals surface area contributed by atoms with E-state index in [-0.39, 0.29) is 18.4 Å². The Balaban J connectivity index is 1.90. The van der Waals surface area contributed by atoms with E-state index in [9.17, 15) is 9.59 Å². The third kappa shape index (κ3) is 7.08. The number of nitrogens with one attached hydrogen (secondary N) is 1. The minimum Gasteiger partial charge on any atom is -0.491 e. The molecule has 132 valence electrons. The molecule has 5 heteroatoms. The van der Waals surface area contributed by atoms with Gasteiger partial charge in [-0.2, -0.15) is 0 Å². The summed E-state index contributed by atoms with van der Waals surface area (Å²) < 4.78 is 5.79. The highest BCUT2D eigenvalue weighted by Crippen LogP contribution is 2.16. The van der Waals surface area contributed by atoms with Crippen LogP contribution < -0.4 is 10.1 Å². The second-order valence-corrected chi connectivity index (χ2v) is 5.76. The minimum absolute atomic E-state index is 0.0898. The molecule has 1 amide bonds. The molecule has 0 aromatic heterocycles. The number of aliphatic carboxylic acids is 1. The van der Waals surface area contributed by atoms with Crippen LogP contribution in [0.25, 0.3) is 0 Å². The van der Waals surface area contributed by atoms with Crippen molar-refractivity contribution in [3.63, 3.8) is 0 Å². The molecule has 2 aromatic rings. The topological polar surface area (TPSA) is 75.6 Å². The highest BCUT2D eigenvalue weighted by atomic mass is 16.5. The van der Waals surface area contributed by atoms with Crippen LogP contribution in [0.5, 0.6) is 5.75 Å². The van der Waals surface area contributed by atoms with Crippen LogP contribution in [0.4, 0.5) is 0 Å². The number of unbranched alkanes of at least 4 members (excludes halogenated alkanes) is 1. The number of amides is 1. The Kier molecular flexibility index (Phi) is 7.50. The van der Waals surface area contributed by atoms with Crippen molar-refractivity contribution >= 4 is 11.9 Å². The summed E-state index contributed by atoms with van der Waals surface area (Å²) in [5, 5.41) is 11.6. The summed E-state index contributed by atoms with van der Waals surface area (Å²) >= 11 is 0. The second-order valence-electron chi connectivity index (χ2n) is 5.76. The maximum Gasteiger partial charge on any atom is 0.303 e. The molecule has 0 heterocycles. The highest BCUT2D eigenvalue weighted by molar-refractivity contribution is 5.76. The van der Waals surface area contributed by atoms with E-state index in [0.717, 1.165) is 11.3 Å². The van der Waals surface area contributed by atoms with Crippen molar-refractivity contribution < 1.29 is 19.4 Å². The largest absolute Gasteiger partial charge is 0.491 e. The van der Waals surface area contributed by atoms with E-state index in [2.05, 4.69) is 5.32 Å². The average molecular weight is 341 g/mol. The van der Waals surface area contributed by atoms with Gasteiger partial charge in [0.1, 0.15) is 12.4 Å². The lowest BCUT2D eigenvalue weighted by Crippen LogP contribution is -2.32. The Morgan fingerprint density at radius 1 is 0.920 bits per heavy atom. The predicted molar refractivity (Wildman–Crippen MR) is 95.4 cm³/mol. The van der Waals surface area contributed by atoms with Gasteiger partial charge in [-0.15, -0.1) is 0 Å². The monoisotopic (exact) mass is 341 g/mol. The second kappa shape index (κ2) is 10.1. The summed E-state index contributed by atoms with van der Waals surface area (Å²) in [4.78, 5) is 22.7. The van der Waals surface area contributed by atoms with Gasteiger partial charge in [-0.3, -0.25) is 9.59 Å². The first-order valence-electron chi connectivity index (χ1n) is 8.39. The van der Waals surface area contributed by atoms with Crippen molar-refractivity contribution in [3.05, 3.63) is 66.2 Å².